The molecule has 2 aromatic rings. The van der Waals surface area contributed by atoms with Crippen LogP contribution in [0.3, 0.4) is 0 Å². The molecule has 24 heavy (non-hydrogen) atoms. The van der Waals surface area contributed by atoms with Gasteiger partial charge in [-0.2, -0.15) is 5.26 Å². The fourth-order valence-corrected chi connectivity index (χ4v) is 2.56. The van der Waals surface area contributed by atoms with Crippen LogP contribution >= 0.6 is 0 Å². The summed E-state index contributed by atoms with van der Waals surface area (Å²) in [6.07, 6.45) is 2.44. The molecule has 3 rings (SSSR count). The molecule has 1 aromatic heterocycles. The number of aromatic amines is 1. The molecule has 2 N–H and O–H groups in total. The van der Waals surface area contributed by atoms with Gasteiger partial charge in [-0.3, -0.25) is 4.79 Å². The monoisotopic (exact) mass is 325 g/mol. The summed E-state index contributed by atoms with van der Waals surface area (Å²) in [5.74, 6) is 0.516. The first-order chi connectivity index (χ1) is 11.7. The van der Waals surface area contributed by atoms with Crippen molar-refractivity contribution in [1.29, 1.82) is 5.26 Å². The number of H-pyrrole nitrogens is 1. The molecule has 0 radical (unpaired) electrons. The van der Waals surface area contributed by atoms with Crippen molar-refractivity contribution in [2.75, 3.05) is 13.2 Å². The first kappa shape index (κ1) is 16.1. The lowest BCUT2D eigenvalue weighted by Gasteiger charge is -2.16. The molecule has 0 bridgehead atoms. The van der Waals surface area contributed by atoms with E-state index in [0.717, 1.165) is 29.9 Å². The first-order valence-electron chi connectivity index (χ1n) is 7.86. The van der Waals surface area contributed by atoms with Gasteiger partial charge in [0.05, 0.1) is 18.8 Å². The highest BCUT2D eigenvalue weighted by Gasteiger charge is 2.19. The molecule has 1 unspecified atom stereocenters. The van der Waals surface area contributed by atoms with Crippen LogP contribution < -0.4 is 10.1 Å². The predicted molar refractivity (Wildman–Crippen MR) is 87.7 cm³/mol. The highest BCUT2D eigenvalue weighted by atomic mass is 16.5. The molecule has 0 aliphatic carbocycles. The minimum Gasteiger partial charge on any atom is -0.488 e. The van der Waals surface area contributed by atoms with Gasteiger partial charge in [-0.15, -0.1) is 0 Å². The van der Waals surface area contributed by atoms with Crippen LogP contribution in [0.4, 0.5) is 0 Å². The summed E-state index contributed by atoms with van der Waals surface area (Å²) in [7, 11) is 0. The van der Waals surface area contributed by atoms with Gasteiger partial charge in [0.25, 0.3) is 5.91 Å². The number of ether oxygens (including phenoxy) is 2. The number of benzene rings is 1. The van der Waals surface area contributed by atoms with Crippen molar-refractivity contribution in [2.24, 2.45) is 0 Å². The summed E-state index contributed by atoms with van der Waals surface area (Å²) in [6.45, 7) is 3.67. The zero-order chi connectivity index (χ0) is 16.9. The first-order valence-corrected chi connectivity index (χ1v) is 7.86. The molecular formula is C18H19N3O3. The van der Waals surface area contributed by atoms with Crippen LogP contribution in [0.1, 0.15) is 33.6 Å². The van der Waals surface area contributed by atoms with E-state index in [9.17, 15) is 4.79 Å². The van der Waals surface area contributed by atoms with E-state index in [1.54, 1.807) is 0 Å². The van der Waals surface area contributed by atoms with E-state index in [1.807, 2.05) is 31.2 Å². The number of aryl methyl sites for hydroxylation is 1. The Morgan fingerprint density at radius 3 is 3.08 bits per heavy atom. The summed E-state index contributed by atoms with van der Waals surface area (Å²) in [5, 5.41) is 11.7. The van der Waals surface area contributed by atoms with Crippen LogP contribution in [0, 0.1) is 18.3 Å². The van der Waals surface area contributed by atoms with Crippen LogP contribution in [-0.2, 0) is 11.3 Å². The summed E-state index contributed by atoms with van der Waals surface area (Å²) in [6, 6.07) is 9.43. The Bertz CT molecular complexity index is 770. The molecule has 1 atom stereocenters. The van der Waals surface area contributed by atoms with Crippen molar-refractivity contribution in [3.05, 3.63) is 52.8 Å². The number of nitrogens with zero attached hydrogens (tertiary/aromatic N) is 1. The number of amides is 1. The molecule has 1 fully saturated rings. The van der Waals surface area contributed by atoms with Crippen LogP contribution in [0.15, 0.2) is 30.5 Å². The molecule has 1 aromatic carbocycles. The molecule has 6 heteroatoms. The minimum atomic E-state index is -0.257. The fourth-order valence-electron chi connectivity index (χ4n) is 2.56. The Labute approximate surface area is 140 Å². The number of hydrogen-bond acceptors (Lipinski definition) is 4. The second-order valence-corrected chi connectivity index (χ2v) is 5.81. The van der Waals surface area contributed by atoms with E-state index in [0.29, 0.717) is 24.4 Å². The van der Waals surface area contributed by atoms with Gasteiger partial charge >= 0.3 is 0 Å². The smallest absolute Gasteiger partial charge is 0.268 e. The number of hydrogen-bond donors (Lipinski definition) is 2. The maximum absolute atomic E-state index is 12.2. The molecule has 1 aliphatic rings. The van der Waals surface area contributed by atoms with E-state index in [4.69, 9.17) is 14.7 Å². The number of rotatable bonds is 5. The summed E-state index contributed by atoms with van der Waals surface area (Å²) in [4.78, 5) is 15.0. The normalized spacial score (nSPS) is 16.6. The Morgan fingerprint density at radius 1 is 1.50 bits per heavy atom. The van der Waals surface area contributed by atoms with Crippen LogP contribution in [0.2, 0.25) is 0 Å². The van der Waals surface area contributed by atoms with Gasteiger partial charge in [0.1, 0.15) is 23.6 Å². The van der Waals surface area contributed by atoms with E-state index < -0.39 is 0 Å². The zero-order valence-electron chi connectivity index (χ0n) is 13.5. The van der Waals surface area contributed by atoms with Crippen molar-refractivity contribution < 1.29 is 14.3 Å². The molecule has 1 saturated heterocycles. The largest absolute Gasteiger partial charge is 0.488 e. The summed E-state index contributed by atoms with van der Waals surface area (Å²) >= 11 is 0. The number of carbonyl (C=O) groups is 1. The van der Waals surface area contributed by atoms with Gasteiger partial charge < -0.3 is 19.8 Å². The highest BCUT2D eigenvalue weighted by Crippen LogP contribution is 2.23. The molecule has 1 amide bonds. The van der Waals surface area contributed by atoms with Gasteiger partial charge in [0.2, 0.25) is 0 Å². The molecule has 124 valence electrons. The average molecular weight is 325 g/mol. The van der Waals surface area contributed by atoms with Gasteiger partial charge in [0, 0.05) is 24.7 Å². The van der Waals surface area contributed by atoms with E-state index >= 15 is 0 Å². The third-order valence-electron chi connectivity index (χ3n) is 3.90. The number of nitriles is 1. The SMILES string of the molecule is Cc1ccc(CNC(=O)c2cc(C#N)c[nH]2)c(OC2CCOC2)c1. The van der Waals surface area contributed by atoms with Crippen molar-refractivity contribution >= 4 is 5.91 Å². The Balaban J connectivity index is 1.67. The van der Waals surface area contributed by atoms with E-state index in [1.165, 1.54) is 12.3 Å². The Kier molecular flexibility index (Phi) is 4.82. The van der Waals surface area contributed by atoms with Gasteiger partial charge in [-0.05, 0) is 24.6 Å². The van der Waals surface area contributed by atoms with Gasteiger partial charge in [-0.25, -0.2) is 0 Å². The molecule has 1 aliphatic heterocycles. The van der Waals surface area contributed by atoms with Crippen molar-refractivity contribution in [3.8, 4) is 11.8 Å². The third kappa shape index (κ3) is 3.76. The van der Waals surface area contributed by atoms with Crippen LogP contribution in [-0.4, -0.2) is 30.2 Å². The average Bonchev–Trinajstić information content (AvgIpc) is 3.25. The fraction of sp³-hybridized carbons (Fsp3) is 0.333. The molecular weight excluding hydrogens is 306 g/mol. The van der Waals surface area contributed by atoms with E-state index in [2.05, 4.69) is 10.3 Å². The van der Waals surface area contributed by atoms with Crippen molar-refractivity contribution in [3.63, 3.8) is 0 Å². The summed E-state index contributed by atoms with van der Waals surface area (Å²) in [5.41, 5.74) is 2.81. The zero-order valence-corrected chi connectivity index (χ0v) is 13.5. The quantitative estimate of drug-likeness (QED) is 0.883. The lowest BCUT2D eigenvalue weighted by molar-refractivity contribution is 0.0945. The number of nitrogens with one attached hydrogen (secondary N) is 2. The Morgan fingerprint density at radius 2 is 2.38 bits per heavy atom. The van der Waals surface area contributed by atoms with Crippen molar-refractivity contribution in [2.45, 2.75) is 26.0 Å². The van der Waals surface area contributed by atoms with Crippen LogP contribution in [0.5, 0.6) is 5.75 Å². The predicted octanol–water partition coefficient (Wildman–Crippen LogP) is 2.29. The molecule has 2 heterocycles. The molecule has 0 saturated carbocycles. The van der Waals surface area contributed by atoms with Crippen molar-refractivity contribution in [1.82, 2.24) is 10.3 Å². The minimum absolute atomic E-state index is 0.0582. The molecule has 0 spiro atoms. The number of carbonyl (C=O) groups excluding carboxylic acids is 1. The molecule has 6 nitrogen and oxygen atoms in total. The van der Waals surface area contributed by atoms with Crippen LogP contribution in [0.25, 0.3) is 0 Å². The second-order valence-electron chi connectivity index (χ2n) is 5.81. The maximum atomic E-state index is 12.2. The third-order valence-corrected chi connectivity index (χ3v) is 3.90. The number of aromatic nitrogens is 1. The topological polar surface area (TPSA) is 87.1 Å². The lowest BCUT2D eigenvalue weighted by Crippen LogP contribution is -2.24. The van der Waals surface area contributed by atoms with E-state index in [-0.39, 0.29) is 12.0 Å². The highest BCUT2D eigenvalue weighted by molar-refractivity contribution is 5.92. The Hall–Kier alpha value is -2.78. The lowest BCUT2D eigenvalue weighted by atomic mass is 10.1. The standard InChI is InChI=1S/C18H19N3O3/c1-12-2-3-14(17(6-12)24-15-4-5-23-11-15)10-21-18(22)16-7-13(8-19)9-20-16/h2-3,6-7,9,15,20H,4-5,10-11H2,1H3,(H,21,22). The van der Waals surface area contributed by atoms with Gasteiger partial charge in [-0.1, -0.05) is 12.1 Å². The maximum Gasteiger partial charge on any atom is 0.268 e. The van der Waals surface area contributed by atoms with Gasteiger partial charge in [0.15, 0.2) is 0 Å². The summed E-state index contributed by atoms with van der Waals surface area (Å²) < 4.78 is 11.4. The second kappa shape index (κ2) is 7.20.